The summed E-state index contributed by atoms with van der Waals surface area (Å²) in [4.78, 5) is 13.9. The molecule has 1 unspecified atom stereocenters. The molecule has 18 heavy (non-hydrogen) atoms. The molecule has 1 heterocycles. The van der Waals surface area contributed by atoms with E-state index in [1.807, 2.05) is 36.1 Å². The Morgan fingerprint density at radius 2 is 2.06 bits per heavy atom. The maximum Gasteiger partial charge on any atom is 0.317 e. The molecule has 1 atom stereocenters. The zero-order chi connectivity index (χ0) is 13.0. The number of piperidine rings is 1. The lowest BCUT2D eigenvalue weighted by atomic mass is 10.1. The summed E-state index contributed by atoms with van der Waals surface area (Å²) >= 11 is 5.95. The third-order valence-corrected chi connectivity index (χ3v) is 3.57. The molecule has 2 rings (SSSR count). The van der Waals surface area contributed by atoms with Gasteiger partial charge in [-0.1, -0.05) is 23.7 Å². The first-order valence-electron chi connectivity index (χ1n) is 6.48. The molecule has 0 aliphatic carbocycles. The second-order valence-electron chi connectivity index (χ2n) is 4.77. The molecule has 1 N–H and O–H groups in total. The first-order chi connectivity index (χ1) is 8.66. The molecular weight excluding hydrogens is 248 g/mol. The summed E-state index contributed by atoms with van der Waals surface area (Å²) in [6.07, 6.45) is 3.45. The number of rotatable bonds is 2. The van der Waals surface area contributed by atoms with E-state index >= 15 is 0 Å². The van der Waals surface area contributed by atoms with E-state index in [-0.39, 0.29) is 12.1 Å². The number of nitrogens with zero attached hydrogens (tertiary/aromatic N) is 1. The number of benzene rings is 1. The quantitative estimate of drug-likeness (QED) is 0.872. The predicted molar refractivity (Wildman–Crippen MR) is 73.8 cm³/mol. The Morgan fingerprint density at radius 3 is 2.72 bits per heavy atom. The fourth-order valence-electron chi connectivity index (χ4n) is 2.23. The molecule has 2 amide bonds. The van der Waals surface area contributed by atoms with Crippen LogP contribution in [0.2, 0.25) is 5.02 Å². The van der Waals surface area contributed by atoms with Crippen molar-refractivity contribution in [3.8, 4) is 0 Å². The average molecular weight is 267 g/mol. The van der Waals surface area contributed by atoms with Crippen LogP contribution in [0.5, 0.6) is 0 Å². The van der Waals surface area contributed by atoms with E-state index < -0.39 is 0 Å². The molecule has 1 fully saturated rings. The predicted octanol–water partition coefficient (Wildman–Crippen LogP) is 3.60. The smallest absolute Gasteiger partial charge is 0.317 e. The van der Waals surface area contributed by atoms with Gasteiger partial charge in [0, 0.05) is 18.1 Å². The van der Waals surface area contributed by atoms with Crippen LogP contribution in [0.3, 0.4) is 0 Å². The number of amides is 2. The largest absolute Gasteiger partial charge is 0.331 e. The number of carbonyl (C=O) groups is 1. The van der Waals surface area contributed by atoms with Crippen LogP contribution in [-0.4, -0.2) is 24.0 Å². The molecule has 0 aromatic heterocycles. The summed E-state index contributed by atoms with van der Waals surface area (Å²) in [7, 11) is 0. The van der Waals surface area contributed by atoms with Gasteiger partial charge in [0.05, 0.1) is 6.04 Å². The van der Waals surface area contributed by atoms with Crippen LogP contribution in [0.25, 0.3) is 0 Å². The summed E-state index contributed by atoms with van der Waals surface area (Å²) in [6, 6.07) is 7.63. The zero-order valence-corrected chi connectivity index (χ0v) is 11.4. The van der Waals surface area contributed by atoms with Crippen molar-refractivity contribution in [3.05, 3.63) is 34.9 Å². The molecule has 1 aliphatic rings. The topological polar surface area (TPSA) is 32.3 Å². The first-order valence-corrected chi connectivity index (χ1v) is 6.85. The number of carbonyl (C=O) groups excluding carboxylic acids is 1. The summed E-state index contributed by atoms with van der Waals surface area (Å²) < 4.78 is 0. The standard InChI is InChI=1S/C14H19ClN2O/c1-11(12-6-5-7-13(15)10-12)16-14(18)17-8-3-2-4-9-17/h5-7,10-11H,2-4,8-9H2,1H3,(H,16,18). The monoisotopic (exact) mass is 266 g/mol. The molecule has 1 saturated heterocycles. The fourth-order valence-corrected chi connectivity index (χ4v) is 2.43. The molecule has 3 nitrogen and oxygen atoms in total. The average Bonchev–Trinajstić information content (AvgIpc) is 2.39. The SMILES string of the molecule is CC(NC(=O)N1CCCCC1)c1cccc(Cl)c1. The van der Waals surface area contributed by atoms with Crippen molar-refractivity contribution in [2.75, 3.05) is 13.1 Å². The highest BCUT2D eigenvalue weighted by atomic mass is 35.5. The Hall–Kier alpha value is -1.22. The van der Waals surface area contributed by atoms with Crippen molar-refractivity contribution in [3.63, 3.8) is 0 Å². The molecule has 4 heteroatoms. The maximum absolute atomic E-state index is 12.0. The normalized spacial score (nSPS) is 17.3. The van der Waals surface area contributed by atoms with Gasteiger partial charge in [-0.15, -0.1) is 0 Å². The molecule has 1 aromatic carbocycles. The second-order valence-corrected chi connectivity index (χ2v) is 5.21. The molecular formula is C14H19ClN2O. The van der Waals surface area contributed by atoms with Crippen LogP contribution < -0.4 is 5.32 Å². The van der Waals surface area contributed by atoms with Gasteiger partial charge in [0.2, 0.25) is 0 Å². The van der Waals surface area contributed by atoms with E-state index in [1.165, 1.54) is 6.42 Å². The maximum atomic E-state index is 12.0. The number of hydrogen-bond acceptors (Lipinski definition) is 1. The molecule has 0 saturated carbocycles. The summed E-state index contributed by atoms with van der Waals surface area (Å²) in [6.45, 7) is 3.72. The number of likely N-dealkylation sites (tertiary alicyclic amines) is 1. The van der Waals surface area contributed by atoms with E-state index in [0.717, 1.165) is 31.5 Å². The summed E-state index contributed by atoms with van der Waals surface area (Å²) in [5, 5.41) is 3.72. The van der Waals surface area contributed by atoms with Crippen LogP contribution in [-0.2, 0) is 0 Å². The van der Waals surface area contributed by atoms with Crippen LogP contribution in [0.15, 0.2) is 24.3 Å². The van der Waals surface area contributed by atoms with Gasteiger partial charge in [-0.2, -0.15) is 0 Å². The van der Waals surface area contributed by atoms with Gasteiger partial charge in [-0.05, 0) is 43.9 Å². The van der Waals surface area contributed by atoms with Gasteiger partial charge < -0.3 is 10.2 Å². The zero-order valence-electron chi connectivity index (χ0n) is 10.7. The third kappa shape index (κ3) is 3.39. The Kier molecular flexibility index (Phi) is 4.48. The fraction of sp³-hybridized carbons (Fsp3) is 0.500. The second kappa shape index (κ2) is 6.10. The Morgan fingerprint density at radius 1 is 1.33 bits per heavy atom. The minimum Gasteiger partial charge on any atom is -0.331 e. The number of nitrogens with one attached hydrogen (secondary N) is 1. The van der Waals surface area contributed by atoms with Gasteiger partial charge in [-0.3, -0.25) is 0 Å². The lowest BCUT2D eigenvalue weighted by molar-refractivity contribution is 0.183. The molecule has 98 valence electrons. The minimum absolute atomic E-state index is 0.0156. The number of halogens is 1. The van der Waals surface area contributed by atoms with E-state index in [4.69, 9.17) is 11.6 Å². The molecule has 0 bridgehead atoms. The highest BCUT2D eigenvalue weighted by Crippen LogP contribution is 2.18. The van der Waals surface area contributed by atoms with Gasteiger partial charge in [-0.25, -0.2) is 4.79 Å². The minimum atomic E-state index is -0.0156. The van der Waals surface area contributed by atoms with Crippen molar-refractivity contribution in [2.24, 2.45) is 0 Å². The molecule has 1 aromatic rings. The van der Waals surface area contributed by atoms with Crippen molar-refractivity contribution >= 4 is 17.6 Å². The number of hydrogen-bond donors (Lipinski definition) is 1. The lowest BCUT2D eigenvalue weighted by Crippen LogP contribution is -2.43. The highest BCUT2D eigenvalue weighted by Gasteiger charge is 2.18. The first kappa shape index (κ1) is 13.2. The Labute approximate surface area is 113 Å². The Bertz CT molecular complexity index is 416. The van der Waals surface area contributed by atoms with Gasteiger partial charge in [0.15, 0.2) is 0 Å². The highest BCUT2D eigenvalue weighted by molar-refractivity contribution is 6.30. The van der Waals surface area contributed by atoms with Gasteiger partial charge >= 0.3 is 6.03 Å². The van der Waals surface area contributed by atoms with Gasteiger partial charge in [0.25, 0.3) is 0 Å². The van der Waals surface area contributed by atoms with E-state index in [1.54, 1.807) is 0 Å². The van der Waals surface area contributed by atoms with E-state index in [2.05, 4.69) is 5.32 Å². The Balaban J connectivity index is 1.94. The number of urea groups is 1. The van der Waals surface area contributed by atoms with Crippen molar-refractivity contribution in [1.82, 2.24) is 10.2 Å². The van der Waals surface area contributed by atoms with Crippen molar-refractivity contribution in [1.29, 1.82) is 0 Å². The van der Waals surface area contributed by atoms with Crippen LogP contribution in [0, 0.1) is 0 Å². The van der Waals surface area contributed by atoms with E-state index in [9.17, 15) is 4.79 Å². The summed E-state index contributed by atoms with van der Waals surface area (Å²) in [5.74, 6) is 0. The molecule has 0 spiro atoms. The van der Waals surface area contributed by atoms with E-state index in [0.29, 0.717) is 5.02 Å². The van der Waals surface area contributed by atoms with Crippen LogP contribution in [0.1, 0.15) is 37.8 Å². The third-order valence-electron chi connectivity index (χ3n) is 3.33. The van der Waals surface area contributed by atoms with Crippen molar-refractivity contribution < 1.29 is 4.79 Å². The molecule has 0 radical (unpaired) electrons. The van der Waals surface area contributed by atoms with Crippen molar-refractivity contribution in [2.45, 2.75) is 32.2 Å². The lowest BCUT2D eigenvalue weighted by Gasteiger charge is -2.28. The van der Waals surface area contributed by atoms with Crippen LogP contribution >= 0.6 is 11.6 Å². The molecule has 1 aliphatic heterocycles. The summed E-state index contributed by atoms with van der Waals surface area (Å²) in [5.41, 5.74) is 1.04. The van der Waals surface area contributed by atoms with Gasteiger partial charge in [0.1, 0.15) is 0 Å². The van der Waals surface area contributed by atoms with Crippen LogP contribution in [0.4, 0.5) is 4.79 Å².